The van der Waals surface area contributed by atoms with Gasteiger partial charge in [0.1, 0.15) is 5.54 Å². The van der Waals surface area contributed by atoms with Gasteiger partial charge in [0.25, 0.3) is 0 Å². The first-order valence-electron chi connectivity index (χ1n) is 6.00. The summed E-state index contributed by atoms with van der Waals surface area (Å²) in [5.74, 6) is -1.38. The fourth-order valence-electron chi connectivity index (χ4n) is 1.80. The first-order chi connectivity index (χ1) is 8.80. The number of hydrogen-bond donors (Lipinski definition) is 2. The first-order valence-corrected chi connectivity index (χ1v) is 6.00. The summed E-state index contributed by atoms with van der Waals surface area (Å²) in [5.41, 5.74) is 4.56. The molecule has 0 bridgehead atoms. The van der Waals surface area contributed by atoms with Crippen LogP contribution in [0.3, 0.4) is 0 Å². The molecule has 19 heavy (non-hydrogen) atoms. The highest BCUT2D eigenvalue weighted by Crippen LogP contribution is 2.26. The lowest BCUT2D eigenvalue weighted by atomic mass is 9.86. The summed E-state index contributed by atoms with van der Waals surface area (Å²) in [5, 5.41) is 9.43. The van der Waals surface area contributed by atoms with Crippen LogP contribution in [-0.4, -0.2) is 32.5 Å². The molecule has 2 amide bonds. The standard InChI is InChI=1S/C13H19N3O3/c1-9(2)13(3,11(17)18)16(12(14)19)8-10-6-4-5-7-15-10/h4-7,9H,8H2,1-3H3,(H2,14,19)(H,17,18)/t13-/m0/s1. The van der Waals surface area contributed by atoms with E-state index in [1.165, 1.54) is 6.92 Å². The van der Waals surface area contributed by atoms with Crippen LogP contribution in [0.1, 0.15) is 26.5 Å². The average molecular weight is 265 g/mol. The van der Waals surface area contributed by atoms with Gasteiger partial charge in [-0.25, -0.2) is 9.59 Å². The van der Waals surface area contributed by atoms with Crippen LogP contribution in [0.4, 0.5) is 4.79 Å². The quantitative estimate of drug-likeness (QED) is 0.842. The monoisotopic (exact) mass is 265 g/mol. The molecule has 104 valence electrons. The van der Waals surface area contributed by atoms with Crippen molar-refractivity contribution in [3.63, 3.8) is 0 Å². The third-order valence-corrected chi connectivity index (χ3v) is 3.43. The summed E-state index contributed by atoms with van der Waals surface area (Å²) in [6.07, 6.45) is 1.59. The summed E-state index contributed by atoms with van der Waals surface area (Å²) in [4.78, 5) is 28.4. The predicted octanol–water partition coefficient (Wildman–Crippen LogP) is 1.46. The Morgan fingerprint density at radius 3 is 2.47 bits per heavy atom. The molecular formula is C13H19N3O3. The van der Waals surface area contributed by atoms with E-state index >= 15 is 0 Å². The Morgan fingerprint density at radius 2 is 2.11 bits per heavy atom. The molecule has 1 rings (SSSR count). The van der Waals surface area contributed by atoms with Crippen molar-refractivity contribution in [2.24, 2.45) is 11.7 Å². The van der Waals surface area contributed by atoms with Crippen LogP contribution >= 0.6 is 0 Å². The smallest absolute Gasteiger partial charge is 0.329 e. The van der Waals surface area contributed by atoms with Crippen LogP contribution in [-0.2, 0) is 11.3 Å². The van der Waals surface area contributed by atoms with Crippen LogP contribution in [0.5, 0.6) is 0 Å². The highest BCUT2D eigenvalue weighted by molar-refractivity contribution is 5.85. The minimum atomic E-state index is -1.37. The van der Waals surface area contributed by atoms with Gasteiger partial charge in [0.15, 0.2) is 0 Å². The Labute approximate surface area is 112 Å². The summed E-state index contributed by atoms with van der Waals surface area (Å²) in [7, 11) is 0. The van der Waals surface area contributed by atoms with Crippen molar-refractivity contribution in [2.75, 3.05) is 0 Å². The Kier molecular flexibility index (Phi) is 4.47. The lowest BCUT2D eigenvalue weighted by Gasteiger charge is -2.39. The maximum atomic E-state index is 11.6. The molecule has 3 N–H and O–H groups in total. The number of nitrogens with zero attached hydrogens (tertiary/aromatic N) is 2. The van der Waals surface area contributed by atoms with Gasteiger partial charge >= 0.3 is 12.0 Å². The van der Waals surface area contributed by atoms with Crippen LogP contribution in [0.2, 0.25) is 0 Å². The van der Waals surface area contributed by atoms with E-state index in [1.807, 2.05) is 0 Å². The molecule has 0 fully saturated rings. The number of aromatic nitrogens is 1. The van der Waals surface area contributed by atoms with Crippen molar-refractivity contribution < 1.29 is 14.7 Å². The summed E-state index contributed by atoms with van der Waals surface area (Å²) in [6, 6.07) is 4.47. The van der Waals surface area contributed by atoms with E-state index in [2.05, 4.69) is 4.98 Å². The summed E-state index contributed by atoms with van der Waals surface area (Å²) < 4.78 is 0. The van der Waals surface area contributed by atoms with Crippen molar-refractivity contribution in [1.82, 2.24) is 9.88 Å². The number of amides is 2. The largest absolute Gasteiger partial charge is 0.479 e. The molecule has 0 saturated carbocycles. The van der Waals surface area contributed by atoms with Gasteiger partial charge in [0.05, 0.1) is 12.2 Å². The van der Waals surface area contributed by atoms with E-state index in [0.29, 0.717) is 5.69 Å². The molecule has 0 aliphatic rings. The fourth-order valence-corrected chi connectivity index (χ4v) is 1.80. The molecule has 1 heterocycles. The molecule has 0 unspecified atom stereocenters. The third kappa shape index (κ3) is 3.01. The zero-order valence-electron chi connectivity index (χ0n) is 11.3. The highest BCUT2D eigenvalue weighted by atomic mass is 16.4. The van der Waals surface area contributed by atoms with Gasteiger partial charge in [-0.2, -0.15) is 0 Å². The van der Waals surface area contributed by atoms with Crippen LogP contribution < -0.4 is 5.73 Å². The second-order valence-corrected chi connectivity index (χ2v) is 4.85. The lowest BCUT2D eigenvalue weighted by Crippen LogP contribution is -2.59. The van der Waals surface area contributed by atoms with Crippen LogP contribution in [0.25, 0.3) is 0 Å². The number of pyridine rings is 1. The van der Waals surface area contributed by atoms with Crippen molar-refractivity contribution >= 4 is 12.0 Å². The van der Waals surface area contributed by atoms with Crippen molar-refractivity contribution in [3.8, 4) is 0 Å². The van der Waals surface area contributed by atoms with Gasteiger partial charge in [0, 0.05) is 6.20 Å². The van der Waals surface area contributed by atoms with Crippen molar-refractivity contribution in [3.05, 3.63) is 30.1 Å². The molecule has 0 saturated heterocycles. The number of carbonyl (C=O) groups is 2. The highest BCUT2D eigenvalue weighted by Gasteiger charge is 2.44. The Balaban J connectivity index is 3.13. The van der Waals surface area contributed by atoms with Crippen molar-refractivity contribution in [1.29, 1.82) is 0 Å². The summed E-state index contributed by atoms with van der Waals surface area (Å²) >= 11 is 0. The maximum Gasteiger partial charge on any atom is 0.329 e. The number of primary amides is 1. The lowest BCUT2D eigenvalue weighted by molar-refractivity contribution is -0.151. The summed E-state index contributed by atoms with van der Waals surface area (Å²) in [6.45, 7) is 5.04. The van der Waals surface area contributed by atoms with E-state index in [0.717, 1.165) is 4.90 Å². The van der Waals surface area contributed by atoms with Gasteiger partial charge in [-0.15, -0.1) is 0 Å². The van der Waals surface area contributed by atoms with E-state index in [9.17, 15) is 14.7 Å². The molecule has 0 aliphatic carbocycles. The van der Waals surface area contributed by atoms with Crippen molar-refractivity contribution in [2.45, 2.75) is 32.9 Å². The molecule has 1 aromatic heterocycles. The normalized spacial score (nSPS) is 13.9. The van der Waals surface area contributed by atoms with Gasteiger partial charge in [-0.1, -0.05) is 19.9 Å². The fraction of sp³-hybridized carbons (Fsp3) is 0.462. The average Bonchev–Trinajstić information content (AvgIpc) is 2.35. The Morgan fingerprint density at radius 1 is 1.47 bits per heavy atom. The molecule has 1 atom stereocenters. The van der Waals surface area contributed by atoms with Gasteiger partial charge in [-0.05, 0) is 25.0 Å². The van der Waals surface area contributed by atoms with Gasteiger partial charge in [-0.3, -0.25) is 4.98 Å². The molecule has 0 radical (unpaired) electrons. The second kappa shape index (κ2) is 5.69. The van der Waals surface area contributed by atoms with E-state index in [4.69, 9.17) is 5.73 Å². The van der Waals surface area contributed by atoms with E-state index in [1.54, 1.807) is 38.2 Å². The second-order valence-electron chi connectivity index (χ2n) is 4.85. The molecule has 0 aliphatic heterocycles. The van der Waals surface area contributed by atoms with Gasteiger partial charge < -0.3 is 15.7 Å². The third-order valence-electron chi connectivity index (χ3n) is 3.43. The molecule has 1 aromatic rings. The van der Waals surface area contributed by atoms with Gasteiger partial charge in [0.2, 0.25) is 0 Å². The number of nitrogens with two attached hydrogens (primary N) is 1. The zero-order valence-corrected chi connectivity index (χ0v) is 11.3. The SMILES string of the molecule is CC(C)[C@@](C)(C(=O)O)N(Cc1ccccn1)C(N)=O. The Hall–Kier alpha value is -2.11. The topological polar surface area (TPSA) is 96.5 Å². The number of aliphatic carboxylic acids is 1. The minimum absolute atomic E-state index is 0.0666. The minimum Gasteiger partial charge on any atom is -0.479 e. The molecule has 0 spiro atoms. The Bertz CT molecular complexity index is 461. The molecule has 6 heteroatoms. The first kappa shape index (κ1) is 14.9. The number of carboxylic acids is 1. The number of rotatable bonds is 5. The van der Waals surface area contributed by atoms with Crippen LogP contribution in [0.15, 0.2) is 24.4 Å². The zero-order chi connectivity index (χ0) is 14.6. The number of carbonyl (C=O) groups excluding carboxylic acids is 1. The number of hydrogen-bond acceptors (Lipinski definition) is 3. The predicted molar refractivity (Wildman–Crippen MR) is 70.2 cm³/mol. The molecule has 6 nitrogen and oxygen atoms in total. The van der Waals surface area contributed by atoms with E-state index < -0.39 is 17.5 Å². The number of carboxylic acid groups (broad SMARTS) is 1. The molecule has 0 aromatic carbocycles. The van der Waals surface area contributed by atoms with E-state index in [-0.39, 0.29) is 12.5 Å². The number of urea groups is 1. The van der Waals surface area contributed by atoms with Crippen LogP contribution in [0, 0.1) is 5.92 Å². The molecular weight excluding hydrogens is 246 g/mol. The maximum absolute atomic E-state index is 11.6.